The molecule has 0 aromatic carbocycles. The summed E-state index contributed by atoms with van der Waals surface area (Å²) < 4.78 is 0. The third-order valence-electron chi connectivity index (χ3n) is 2.78. The topological polar surface area (TPSA) is 38.9 Å². The van der Waals surface area contributed by atoms with Crippen LogP contribution in [-0.2, 0) is 5.41 Å². The fourth-order valence-electron chi connectivity index (χ4n) is 1.50. The van der Waals surface area contributed by atoms with Crippen molar-refractivity contribution in [2.45, 2.75) is 38.0 Å². The SMILES string of the molecule is CC(C)c1ncc(C2(CN)CC2)s1. The van der Waals surface area contributed by atoms with E-state index in [4.69, 9.17) is 5.73 Å². The lowest BCUT2D eigenvalue weighted by Crippen LogP contribution is -2.18. The number of thiazole rings is 1. The molecule has 1 aromatic heterocycles. The van der Waals surface area contributed by atoms with Gasteiger partial charge in [-0.05, 0) is 12.8 Å². The lowest BCUT2D eigenvalue weighted by molar-refractivity contribution is 0.718. The molecule has 72 valence electrons. The lowest BCUT2D eigenvalue weighted by atomic mass is 10.1. The first-order chi connectivity index (χ1) is 6.18. The molecule has 0 bridgehead atoms. The summed E-state index contributed by atoms with van der Waals surface area (Å²) in [4.78, 5) is 5.83. The Balaban J connectivity index is 2.23. The molecule has 3 heteroatoms. The largest absolute Gasteiger partial charge is 0.330 e. The number of rotatable bonds is 3. The Bertz CT molecular complexity index is 300. The van der Waals surface area contributed by atoms with E-state index in [1.54, 1.807) is 0 Å². The summed E-state index contributed by atoms with van der Waals surface area (Å²) in [6, 6.07) is 0. The second kappa shape index (κ2) is 3.07. The molecule has 0 amide bonds. The minimum atomic E-state index is 0.324. The zero-order chi connectivity index (χ0) is 9.47. The molecule has 0 saturated heterocycles. The van der Waals surface area contributed by atoms with Crippen molar-refractivity contribution >= 4 is 11.3 Å². The zero-order valence-electron chi connectivity index (χ0n) is 8.21. The standard InChI is InChI=1S/C10H16N2S/c1-7(2)9-12-5-8(13-9)10(6-11)3-4-10/h5,7H,3-4,6,11H2,1-2H3. The molecule has 2 N–H and O–H groups in total. The van der Waals surface area contributed by atoms with Gasteiger partial charge in [0.05, 0.1) is 5.01 Å². The van der Waals surface area contributed by atoms with E-state index in [0.29, 0.717) is 11.3 Å². The molecule has 2 rings (SSSR count). The molecular formula is C10H16N2S. The van der Waals surface area contributed by atoms with E-state index < -0.39 is 0 Å². The summed E-state index contributed by atoms with van der Waals surface area (Å²) >= 11 is 1.84. The molecular weight excluding hydrogens is 180 g/mol. The molecule has 13 heavy (non-hydrogen) atoms. The monoisotopic (exact) mass is 196 g/mol. The zero-order valence-corrected chi connectivity index (χ0v) is 9.03. The van der Waals surface area contributed by atoms with E-state index in [1.165, 1.54) is 22.7 Å². The molecule has 0 atom stereocenters. The Labute approximate surface area is 83.2 Å². The summed E-state index contributed by atoms with van der Waals surface area (Å²) in [6.45, 7) is 5.15. The van der Waals surface area contributed by atoms with E-state index in [-0.39, 0.29) is 0 Å². The number of hydrogen-bond acceptors (Lipinski definition) is 3. The van der Waals surface area contributed by atoms with E-state index >= 15 is 0 Å². The van der Waals surface area contributed by atoms with Crippen molar-refractivity contribution in [3.8, 4) is 0 Å². The third kappa shape index (κ3) is 1.51. The van der Waals surface area contributed by atoms with Crippen LogP contribution in [0, 0.1) is 0 Å². The summed E-state index contributed by atoms with van der Waals surface area (Å²) in [5, 5.41) is 1.25. The van der Waals surface area contributed by atoms with Crippen LogP contribution in [0.15, 0.2) is 6.20 Å². The Morgan fingerprint density at radius 1 is 1.62 bits per heavy atom. The van der Waals surface area contributed by atoms with Gasteiger partial charge in [-0.3, -0.25) is 0 Å². The van der Waals surface area contributed by atoms with Gasteiger partial charge in [0.1, 0.15) is 0 Å². The van der Waals surface area contributed by atoms with Crippen LogP contribution >= 0.6 is 11.3 Å². The minimum absolute atomic E-state index is 0.324. The number of aromatic nitrogens is 1. The first kappa shape index (κ1) is 9.16. The Kier molecular flexibility index (Phi) is 2.16. The predicted molar refractivity (Wildman–Crippen MR) is 56.2 cm³/mol. The highest BCUT2D eigenvalue weighted by Gasteiger charge is 2.44. The van der Waals surface area contributed by atoms with Crippen LogP contribution in [0.4, 0.5) is 0 Å². The average molecular weight is 196 g/mol. The fraction of sp³-hybridized carbons (Fsp3) is 0.700. The van der Waals surface area contributed by atoms with Gasteiger partial charge >= 0.3 is 0 Å². The van der Waals surface area contributed by atoms with Gasteiger partial charge in [-0.25, -0.2) is 4.98 Å². The summed E-state index contributed by atoms with van der Waals surface area (Å²) in [7, 11) is 0. The highest BCUT2D eigenvalue weighted by Crippen LogP contribution is 2.49. The Hall–Kier alpha value is -0.410. The Morgan fingerprint density at radius 3 is 2.69 bits per heavy atom. The van der Waals surface area contributed by atoms with Crippen molar-refractivity contribution in [1.82, 2.24) is 4.98 Å². The fourth-order valence-corrected chi connectivity index (χ4v) is 2.68. The highest BCUT2D eigenvalue weighted by molar-refractivity contribution is 7.11. The quantitative estimate of drug-likeness (QED) is 0.805. The Morgan fingerprint density at radius 2 is 2.31 bits per heavy atom. The predicted octanol–water partition coefficient (Wildman–Crippen LogP) is 2.26. The summed E-state index contributed by atoms with van der Waals surface area (Å²) in [5.41, 5.74) is 6.09. The van der Waals surface area contributed by atoms with Gasteiger partial charge in [0, 0.05) is 29.0 Å². The van der Waals surface area contributed by atoms with Gasteiger partial charge in [-0.1, -0.05) is 13.8 Å². The smallest absolute Gasteiger partial charge is 0.0953 e. The molecule has 0 aliphatic heterocycles. The molecule has 0 spiro atoms. The van der Waals surface area contributed by atoms with Gasteiger partial charge < -0.3 is 5.73 Å². The average Bonchev–Trinajstić information content (AvgIpc) is 2.75. The first-order valence-corrected chi connectivity index (χ1v) is 5.66. The van der Waals surface area contributed by atoms with E-state index in [1.807, 2.05) is 17.5 Å². The van der Waals surface area contributed by atoms with E-state index in [9.17, 15) is 0 Å². The first-order valence-electron chi connectivity index (χ1n) is 4.84. The number of nitrogens with two attached hydrogens (primary N) is 1. The highest BCUT2D eigenvalue weighted by atomic mass is 32.1. The molecule has 0 radical (unpaired) electrons. The van der Waals surface area contributed by atoms with Crippen molar-refractivity contribution in [2.24, 2.45) is 5.73 Å². The molecule has 1 aliphatic carbocycles. The molecule has 1 saturated carbocycles. The molecule has 1 aromatic rings. The van der Waals surface area contributed by atoms with Gasteiger partial charge in [-0.15, -0.1) is 11.3 Å². The number of hydrogen-bond donors (Lipinski definition) is 1. The van der Waals surface area contributed by atoms with E-state index in [2.05, 4.69) is 18.8 Å². The van der Waals surface area contributed by atoms with Crippen LogP contribution in [-0.4, -0.2) is 11.5 Å². The maximum absolute atomic E-state index is 5.77. The molecule has 1 aliphatic rings. The van der Waals surface area contributed by atoms with Crippen LogP contribution < -0.4 is 5.73 Å². The maximum atomic E-state index is 5.77. The van der Waals surface area contributed by atoms with Gasteiger partial charge in [-0.2, -0.15) is 0 Å². The van der Waals surface area contributed by atoms with Crippen LogP contribution in [0.2, 0.25) is 0 Å². The molecule has 0 unspecified atom stereocenters. The van der Waals surface area contributed by atoms with Crippen molar-refractivity contribution in [3.05, 3.63) is 16.1 Å². The maximum Gasteiger partial charge on any atom is 0.0953 e. The van der Waals surface area contributed by atoms with Crippen LogP contribution in [0.5, 0.6) is 0 Å². The number of nitrogens with zero attached hydrogens (tertiary/aromatic N) is 1. The van der Waals surface area contributed by atoms with Gasteiger partial charge in [0.25, 0.3) is 0 Å². The summed E-state index contributed by atoms with van der Waals surface area (Å²) in [6.07, 6.45) is 4.53. The second-order valence-corrected chi connectivity index (χ2v) is 5.26. The normalized spacial score (nSPS) is 19.4. The van der Waals surface area contributed by atoms with Gasteiger partial charge in [0.15, 0.2) is 0 Å². The van der Waals surface area contributed by atoms with Crippen molar-refractivity contribution in [3.63, 3.8) is 0 Å². The molecule has 1 heterocycles. The molecule has 2 nitrogen and oxygen atoms in total. The third-order valence-corrected chi connectivity index (χ3v) is 4.33. The van der Waals surface area contributed by atoms with Gasteiger partial charge in [0.2, 0.25) is 0 Å². The van der Waals surface area contributed by atoms with Crippen LogP contribution in [0.1, 0.15) is 42.5 Å². The summed E-state index contributed by atoms with van der Waals surface area (Å²) in [5.74, 6) is 0.548. The minimum Gasteiger partial charge on any atom is -0.330 e. The van der Waals surface area contributed by atoms with E-state index in [0.717, 1.165) is 6.54 Å². The van der Waals surface area contributed by atoms with Crippen molar-refractivity contribution < 1.29 is 0 Å². The van der Waals surface area contributed by atoms with Crippen molar-refractivity contribution in [1.29, 1.82) is 0 Å². The van der Waals surface area contributed by atoms with Crippen LogP contribution in [0.3, 0.4) is 0 Å². The second-order valence-electron chi connectivity index (χ2n) is 4.20. The van der Waals surface area contributed by atoms with Crippen LogP contribution in [0.25, 0.3) is 0 Å². The molecule has 1 fully saturated rings. The lowest BCUT2D eigenvalue weighted by Gasteiger charge is -2.07. The van der Waals surface area contributed by atoms with Crippen molar-refractivity contribution in [2.75, 3.05) is 6.54 Å².